The minimum atomic E-state index is -0.933. The van der Waals surface area contributed by atoms with Crippen molar-refractivity contribution in [1.29, 1.82) is 0 Å². The third kappa shape index (κ3) is 12.0. The predicted octanol–water partition coefficient (Wildman–Crippen LogP) is 1.26. The van der Waals surface area contributed by atoms with Gasteiger partial charge in [0.1, 0.15) is 12.3 Å². The number of hydrogen-bond donors (Lipinski definition) is 5. The number of carboxylic acid groups (broad SMARTS) is 1. The van der Waals surface area contributed by atoms with E-state index in [0.29, 0.717) is 24.2 Å². The fourth-order valence-electron chi connectivity index (χ4n) is 1.48. The molecule has 0 unspecified atom stereocenters. The Morgan fingerprint density at radius 1 is 1.30 bits per heavy atom. The van der Waals surface area contributed by atoms with Crippen LogP contribution >= 0.6 is 0 Å². The van der Waals surface area contributed by atoms with Crippen molar-refractivity contribution in [2.45, 2.75) is 32.2 Å². The maximum absolute atomic E-state index is 10.6. The van der Waals surface area contributed by atoms with Crippen LogP contribution in [-0.2, 0) is 9.59 Å². The Hall–Kier alpha value is -2.29. The molecule has 0 saturated carbocycles. The normalized spacial score (nSPS) is 10.4. The summed E-state index contributed by atoms with van der Waals surface area (Å²) < 4.78 is 0. The number of nitrogens with two attached hydrogens (primary N) is 2. The lowest BCUT2D eigenvalue weighted by Crippen LogP contribution is -2.29. The maximum atomic E-state index is 10.6. The van der Waals surface area contributed by atoms with Gasteiger partial charge in [-0.2, -0.15) is 0 Å². The molecule has 1 rings (SSSR count). The molecule has 9 N–H and O–H groups in total. The summed E-state index contributed by atoms with van der Waals surface area (Å²) in [6.45, 7) is 2.04. The Morgan fingerprint density at radius 2 is 1.87 bits per heavy atom. The lowest BCUT2D eigenvalue weighted by molar-refractivity contribution is -0.138. The van der Waals surface area contributed by atoms with E-state index in [2.05, 4.69) is 5.32 Å². The molecule has 0 bridgehead atoms. The molecule has 8 heteroatoms. The van der Waals surface area contributed by atoms with Crippen LogP contribution in [0.15, 0.2) is 24.3 Å². The van der Waals surface area contributed by atoms with E-state index < -0.39 is 12.0 Å². The number of unbranched alkanes of at least 4 members (excludes halogenated alkanes) is 1. The summed E-state index contributed by atoms with van der Waals surface area (Å²) in [4.78, 5) is 31.0. The second-order valence-electron chi connectivity index (χ2n) is 4.65. The van der Waals surface area contributed by atoms with Crippen molar-refractivity contribution in [2.24, 2.45) is 11.5 Å². The zero-order valence-corrected chi connectivity index (χ0v) is 13.3. The average Bonchev–Trinajstić information content (AvgIpc) is 2.48. The van der Waals surface area contributed by atoms with Crippen molar-refractivity contribution in [2.75, 3.05) is 11.9 Å². The summed E-state index contributed by atoms with van der Waals surface area (Å²) in [7, 11) is 0. The molecule has 1 amide bonds. The molecule has 1 aromatic carbocycles. The van der Waals surface area contributed by atoms with Crippen LogP contribution < -0.4 is 22.9 Å². The number of rotatable bonds is 7. The van der Waals surface area contributed by atoms with Crippen molar-refractivity contribution in [3.8, 4) is 0 Å². The molecule has 0 aliphatic rings. The molecule has 130 valence electrons. The van der Waals surface area contributed by atoms with Crippen molar-refractivity contribution in [3.63, 3.8) is 0 Å². The highest BCUT2D eigenvalue weighted by atomic mass is 16.4. The Labute approximate surface area is 137 Å². The van der Waals surface area contributed by atoms with Crippen LogP contribution in [0, 0.1) is 0 Å². The van der Waals surface area contributed by atoms with E-state index in [4.69, 9.17) is 16.6 Å². The number of nitrogens with one attached hydrogen (secondary N) is 1. The lowest BCUT2D eigenvalue weighted by Gasteiger charge is -2.03. The third-order valence-electron chi connectivity index (χ3n) is 2.65. The van der Waals surface area contributed by atoms with Crippen LogP contribution in [0.5, 0.6) is 0 Å². The number of benzene rings is 1. The molecule has 0 fully saturated rings. The van der Waals surface area contributed by atoms with E-state index in [1.807, 2.05) is 0 Å². The van der Waals surface area contributed by atoms with Gasteiger partial charge in [-0.3, -0.25) is 14.4 Å². The quantitative estimate of drug-likeness (QED) is 0.370. The smallest absolute Gasteiger partial charge is 0.480 e. The van der Waals surface area contributed by atoms with Crippen molar-refractivity contribution >= 4 is 23.9 Å². The number of hydrogen-bond acceptors (Lipinski definition) is 6. The Balaban J connectivity index is -0.000000345. The molecular formula is C15H27N4O4+. The molecule has 0 heterocycles. The molecular weight excluding hydrogens is 300 g/mol. The number of carboxylic acids is 1. The molecule has 0 aliphatic heterocycles. The van der Waals surface area contributed by atoms with Crippen LogP contribution in [0.4, 0.5) is 5.69 Å². The van der Waals surface area contributed by atoms with E-state index in [1.54, 1.807) is 24.3 Å². The van der Waals surface area contributed by atoms with Crippen molar-refractivity contribution in [3.05, 3.63) is 29.8 Å². The maximum Gasteiger partial charge on any atom is 1.00 e. The van der Waals surface area contributed by atoms with E-state index in [-0.39, 0.29) is 13.5 Å². The molecule has 0 aliphatic carbocycles. The second kappa shape index (κ2) is 13.4. The number of anilines is 1. The van der Waals surface area contributed by atoms with Gasteiger partial charge in [0, 0.05) is 18.2 Å². The largest absolute Gasteiger partial charge is 1.00 e. The first-order valence-electron chi connectivity index (χ1n) is 6.92. The molecule has 0 spiro atoms. The minimum Gasteiger partial charge on any atom is -0.480 e. The van der Waals surface area contributed by atoms with Crippen LogP contribution in [0.2, 0.25) is 0 Å². The highest BCUT2D eigenvalue weighted by Crippen LogP contribution is 2.07. The Bertz CT molecular complexity index is 483. The van der Waals surface area contributed by atoms with Crippen LogP contribution in [0.25, 0.3) is 0 Å². The van der Waals surface area contributed by atoms with Crippen molar-refractivity contribution in [1.82, 2.24) is 6.15 Å². The molecule has 0 radical (unpaired) electrons. The van der Waals surface area contributed by atoms with Crippen LogP contribution in [-0.4, -0.2) is 35.9 Å². The van der Waals surface area contributed by atoms with Gasteiger partial charge in [-0.15, -0.1) is 0 Å². The Kier molecular flexibility index (Phi) is 13.4. The zero-order chi connectivity index (χ0) is 17.0. The first kappa shape index (κ1) is 23.0. The van der Waals surface area contributed by atoms with Crippen molar-refractivity contribution < 1.29 is 20.9 Å². The monoisotopic (exact) mass is 327 g/mol. The summed E-state index contributed by atoms with van der Waals surface area (Å²) >= 11 is 0. The summed E-state index contributed by atoms with van der Waals surface area (Å²) in [5, 5.41) is 10.9. The predicted molar refractivity (Wildman–Crippen MR) is 90.8 cm³/mol. The minimum absolute atomic E-state index is 0. The third-order valence-corrected chi connectivity index (χ3v) is 2.65. The standard InChI is InChI=1S/C9H9NO2.C6H14N2O2.H3N/c1-7(12)10-9-4-2-8(6-11)3-5-9;7-4-2-1-3-5(8)6(9)10;/h2-6H,1H3,(H,10,12);5H,1-4,7-8H2,(H,9,10);1H3/p+1/t;5-;/m.0./s1. The van der Waals surface area contributed by atoms with E-state index in [1.165, 1.54) is 6.92 Å². The first-order chi connectivity index (χ1) is 10.4. The highest BCUT2D eigenvalue weighted by molar-refractivity contribution is 5.89. The van der Waals surface area contributed by atoms with Gasteiger partial charge in [0.15, 0.2) is 0 Å². The van der Waals surface area contributed by atoms with E-state index >= 15 is 0 Å². The van der Waals surface area contributed by atoms with E-state index in [0.717, 1.165) is 19.1 Å². The van der Waals surface area contributed by atoms with Gasteiger partial charge in [0.25, 0.3) is 0 Å². The van der Waals surface area contributed by atoms with Gasteiger partial charge in [0.2, 0.25) is 5.91 Å². The summed E-state index contributed by atoms with van der Waals surface area (Å²) in [5.74, 6) is -1.05. The van der Waals surface area contributed by atoms with Gasteiger partial charge in [0.05, 0.1) is 0 Å². The second-order valence-corrected chi connectivity index (χ2v) is 4.65. The number of carbonyl (C=O) groups is 3. The summed E-state index contributed by atoms with van der Waals surface area (Å²) in [6.07, 6.45) is 2.93. The molecule has 8 nitrogen and oxygen atoms in total. The topological polar surface area (TPSA) is 171 Å². The Morgan fingerprint density at radius 3 is 2.26 bits per heavy atom. The molecule has 0 saturated heterocycles. The van der Waals surface area contributed by atoms with Gasteiger partial charge in [-0.25, -0.2) is 0 Å². The molecule has 23 heavy (non-hydrogen) atoms. The van der Waals surface area contributed by atoms with Crippen LogP contribution in [0.1, 0.15) is 38.0 Å². The highest BCUT2D eigenvalue weighted by Gasteiger charge is 2.09. The average molecular weight is 327 g/mol. The summed E-state index contributed by atoms with van der Waals surface area (Å²) in [6, 6.07) is 5.96. The number of aliphatic carboxylic acids is 1. The fourth-order valence-corrected chi connectivity index (χ4v) is 1.48. The van der Waals surface area contributed by atoms with Crippen LogP contribution in [0.3, 0.4) is 0 Å². The number of amides is 1. The van der Waals surface area contributed by atoms with E-state index in [9.17, 15) is 14.4 Å². The van der Waals surface area contributed by atoms with Gasteiger partial charge < -0.3 is 28.0 Å². The van der Waals surface area contributed by atoms with Gasteiger partial charge in [-0.1, -0.05) is 6.42 Å². The fraction of sp³-hybridized carbons (Fsp3) is 0.400. The number of carbonyl (C=O) groups excluding carboxylic acids is 2. The molecule has 0 aromatic heterocycles. The molecule has 1 atom stereocenters. The van der Waals surface area contributed by atoms with Gasteiger partial charge >= 0.3 is 7.40 Å². The first-order valence-corrected chi connectivity index (χ1v) is 6.92. The summed E-state index contributed by atoms with van der Waals surface area (Å²) in [5.41, 5.74) is 11.7. The lowest BCUT2D eigenvalue weighted by atomic mass is 10.1. The van der Waals surface area contributed by atoms with Gasteiger partial charge in [-0.05, 0) is 43.7 Å². The SMILES string of the molecule is CC(=O)Nc1ccc(C=O)cc1.N.NCCCC[C@H](N)C(=O)O.[H+]. The number of aldehydes is 1. The zero-order valence-electron chi connectivity index (χ0n) is 14.3. The molecule has 1 aromatic rings.